The van der Waals surface area contributed by atoms with Crippen LogP contribution in [0.25, 0.3) is 10.9 Å². The summed E-state index contributed by atoms with van der Waals surface area (Å²) in [4.78, 5) is 40.5. The van der Waals surface area contributed by atoms with Crippen molar-refractivity contribution in [2.24, 2.45) is 0 Å². The van der Waals surface area contributed by atoms with Crippen LogP contribution in [-0.4, -0.2) is 28.0 Å². The van der Waals surface area contributed by atoms with Gasteiger partial charge in [0.15, 0.2) is 0 Å². The highest BCUT2D eigenvalue weighted by Crippen LogP contribution is 2.11. The molecule has 3 rings (SSSR count). The predicted octanol–water partition coefficient (Wildman–Crippen LogP) is 1.95. The van der Waals surface area contributed by atoms with Crippen LogP contribution in [-0.2, 0) is 27.5 Å². The molecule has 3 aromatic rings. The summed E-state index contributed by atoms with van der Waals surface area (Å²) < 4.78 is 6.50. The monoisotopic (exact) mass is 379 g/mol. The van der Waals surface area contributed by atoms with Gasteiger partial charge in [0, 0.05) is 13.0 Å². The third-order valence-electron chi connectivity index (χ3n) is 4.31. The molecule has 7 nitrogen and oxygen atoms in total. The Kier molecular flexibility index (Phi) is 6.16. The Balaban J connectivity index is 1.48. The summed E-state index contributed by atoms with van der Waals surface area (Å²) >= 11 is 0. The molecule has 1 amide bonds. The summed E-state index contributed by atoms with van der Waals surface area (Å²) in [6.07, 6.45) is 1.50. The van der Waals surface area contributed by atoms with Crippen molar-refractivity contribution >= 4 is 22.8 Å². The van der Waals surface area contributed by atoms with E-state index in [1.165, 1.54) is 10.9 Å². The molecule has 0 spiro atoms. The SMILES string of the molecule is Cc1cccc2c(=O)n(CCC(=O)NCC(=O)OCc3ccccc3)cnc12. The zero-order chi connectivity index (χ0) is 19.9. The normalized spacial score (nSPS) is 10.6. The Morgan fingerprint density at radius 2 is 1.89 bits per heavy atom. The largest absolute Gasteiger partial charge is 0.460 e. The number of fused-ring (bicyclic) bond motifs is 1. The zero-order valence-corrected chi connectivity index (χ0v) is 15.6. The summed E-state index contributed by atoms with van der Waals surface area (Å²) in [6.45, 7) is 2.02. The van der Waals surface area contributed by atoms with Gasteiger partial charge in [0.2, 0.25) is 5.91 Å². The maximum Gasteiger partial charge on any atom is 0.325 e. The fourth-order valence-corrected chi connectivity index (χ4v) is 2.77. The van der Waals surface area contributed by atoms with Crippen molar-refractivity contribution in [2.45, 2.75) is 26.5 Å². The number of carbonyl (C=O) groups excluding carboxylic acids is 2. The fourth-order valence-electron chi connectivity index (χ4n) is 2.77. The second kappa shape index (κ2) is 8.94. The second-order valence-electron chi connectivity index (χ2n) is 6.39. The maximum absolute atomic E-state index is 12.5. The molecule has 1 aromatic heterocycles. The van der Waals surface area contributed by atoms with Gasteiger partial charge >= 0.3 is 5.97 Å². The Morgan fingerprint density at radius 3 is 2.68 bits per heavy atom. The van der Waals surface area contributed by atoms with Gasteiger partial charge < -0.3 is 10.1 Å². The first-order chi connectivity index (χ1) is 13.5. The molecule has 2 aromatic carbocycles. The highest BCUT2D eigenvalue weighted by atomic mass is 16.5. The van der Waals surface area contributed by atoms with Gasteiger partial charge in [-0.05, 0) is 24.1 Å². The smallest absolute Gasteiger partial charge is 0.325 e. The zero-order valence-electron chi connectivity index (χ0n) is 15.6. The molecule has 0 unspecified atom stereocenters. The number of esters is 1. The van der Waals surface area contributed by atoms with Crippen molar-refractivity contribution in [3.8, 4) is 0 Å². The van der Waals surface area contributed by atoms with E-state index in [4.69, 9.17) is 4.74 Å². The number of hydrogen-bond acceptors (Lipinski definition) is 5. The van der Waals surface area contributed by atoms with E-state index < -0.39 is 5.97 Å². The van der Waals surface area contributed by atoms with Crippen LogP contribution in [0.5, 0.6) is 0 Å². The standard InChI is InChI=1S/C21H21N3O4/c1-15-6-5-9-17-20(15)23-14-24(21(17)27)11-10-18(25)22-12-19(26)28-13-16-7-3-2-4-8-16/h2-9,14H,10-13H2,1H3,(H,22,25). The van der Waals surface area contributed by atoms with E-state index in [0.717, 1.165) is 11.1 Å². The summed E-state index contributed by atoms with van der Waals surface area (Å²) in [5.41, 5.74) is 2.27. The van der Waals surface area contributed by atoms with E-state index in [0.29, 0.717) is 10.9 Å². The molecule has 28 heavy (non-hydrogen) atoms. The first kappa shape index (κ1) is 19.3. The first-order valence-electron chi connectivity index (χ1n) is 8.95. The summed E-state index contributed by atoms with van der Waals surface area (Å²) in [5, 5.41) is 3.03. The van der Waals surface area contributed by atoms with Crippen molar-refractivity contribution < 1.29 is 14.3 Å². The molecule has 0 aliphatic heterocycles. The predicted molar refractivity (Wildman–Crippen MR) is 105 cm³/mol. The molecule has 1 heterocycles. The van der Waals surface area contributed by atoms with Crippen LogP contribution < -0.4 is 10.9 Å². The van der Waals surface area contributed by atoms with Crippen LogP contribution in [0.15, 0.2) is 59.7 Å². The first-order valence-corrected chi connectivity index (χ1v) is 8.95. The third kappa shape index (κ3) is 4.82. The van der Waals surface area contributed by atoms with Gasteiger partial charge in [0.25, 0.3) is 5.56 Å². The maximum atomic E-state index is 12.5. The van der Waals surface area contributed by atoms with Gasteiger partial charge in [-0.2, -0.15) is 0 Å². The quantitative estimate of drug-likeness (QED) is 0.634. The number of hydrogen-bond donors (Lipinski definition) is 1. The van der Waals surface area contributed by atoms with Crippen molar-refractivity contribution in [1.29, 1.82) is 0 Å². The highest BCUT2D eigenvalue weighted by molar-refractivity contribution is 5.82. The Labute approximate surface area is 162 Å². The Morgan fingerprint density at radius 1 is 1.11 bits per heavy atom. The second-order valence-corrected chi connectivity index (χ2v) is 6.39. The minimum atomic E-state index is -0.516. The van der Waals surface area contributed by atoms with Crippen LogP contribution in [0, 0.1) is 6.92 Å². The van der Waals surface area contributed by atoms with Gasteiger partial charge in [-0.3, -0.25) is 19.0 Å². The van der Waals surface area contributed by atoms with Crippen LogP contribution >= 0.6 is 0 Å². The molecule has 0 aliphatic rings. The number of amides is 1. The number of para-hydroxylation sites is 1. The minimum absolute atomic E-state index is 0.0604. The molecule has 1 N–H and O–H groups in total. The fraction of sp³-hybridized carbons (Fsp3) is 0.238. The Bertz CT molecular complexity index is 1040. The van der Waals surface area contributed by atoms with E-state index >= 15 is 0 Å². The number of nitrogens with zero attached hydrogens (tertiary/aromatic N) is 2. The lowest BCUT2D eigenvalue weighted by Gasteiger charge is -2.09. The number of aryl methyl sites for hydroxylation is 2. The lowest BCUT2D eigenvalue weighted by molar-refractivity contribution is -0.145. The van der Waals surface area contributed by atoms with Crippen molar-refractivity contribution in [3.05, 3.63) is 76.3 Å². The molecule has 0 fully saturated rings. The molecule has 0 aliphatic carbocycles. The van der Waals surface area contributed by atoms with Gasteiger partial charge in [-0.1, -0.05) is 42.5 Å². The van der Waals surface area contributed by atoms with Crippen LogP contribution in [0.2, 0.25) is 0 Å². The van der Waals surface area contributed by atoms with Crippen molar-refractivity contribution in [2.75, 3.05) is 6.54 Å². The third-order valence-corrected chi connectivity index (χ3v) is 4.31. The van der Waals surface area contributed by atoms with E-state index in [1.54, 1.807) is 12.1 Å². The average molecular weight is 379 g/mol. The number of nitrogens with one attached hydrogen (secondary N) is 1. The molecule has 144 valence electrons. The highest BCUT2D eigenvalue weighted by Gasteiger charge is 2.10. The van der Waals surface area contributed by atoms with E-state index in [2.05, 4.69) is 10.3 Å². The Hall–Kier alpha value is -3.48. The van der Waals surface area contributed by atoms with Crippen LogP contribution in [0.1, 0.15) is 17.5 Å². The minimum Gasteiger partial charge on any atom is -0.460 e. The number of rotatable bonds is 7. The van der Waals surface area contributed by atoms with E-state index in [9.17, 15) is 14.4 Å². The number of carbonyl (C=O) groups is 2. The van der Waals surface area contributed by atoms with Crippen molar-refractivity contribution in [3.63, 3.8) is 0 Å². The van der Waals surface area contributed by atoms with Crippen LogP contribution in [0.3, 0.4) is 0 Å². The molecule has 0 atom stereocenters. The molecule has 0 saturated carbocycles. The number of ether oxygens (including phenoxy) is 1. The molecule has 0 bridgehead atoms. The number of aromatic nitrogens is 2. The molecular weight excluding hydrogens is 358 g/mol. The number of benzene rings is 2. The molecule has 0 saturated heterocycles. The van der Waals surface area contributed by atoms with Gasteiger partial charge in [0.1, 0.15) is 13.2 Å². The summed E-state index contributed by atoms with van der Waals surface area (Å²) in [5.74, 6) is -0.856. The average Bonchev–Trinajstić information content (AvgIpc) is 2.71. The van der Waals surface area contributed by atoms with Crippen LogP contribution in [0.4, 0.5) is 0 Å². The summed E-state index contributed by atoms with van der Waals surface area (Å²) in [7, 11) is 0. The van der Waals surface area contributed by atoms with Crippen molar-refractivity contribution in [1.82, 2.24) is 14.9 Å². The van der Waals surface area contributed by atoms with Gasteiger partial charge in [-0.15, -0.1) is 0 Å². The topological polar surface area (TPSA) is 90.3 Å². The summed E-state index contributed by atoms with van der Waals surface area (Å²) in [6, 6.07) is 14.7. The van der Waals surface area contributed by atoms with Gasteiger partial charge in [0.05, 0.1) is 17.2 Å². The lowest BCUT2D eigenvalue weighted by atomic mass is 10.1. The van der Waals surface area contributed by atoms with Gasteiger partial charge in [-0.25, -0.2) is 4.98 Å². The molecule has 0 radical (unpaired) electrons. The van der Waals surface area contributed by atoms with E-state index in [1.807, 2.05) is 43.3 Å². The van der Waals surface area contributed by atoms with E-state index in [-0.39, 0.29) is 37.6 Å². The molecule has 7 heteroatoms. The lowest BCUT2D eigenvalue weighted by Crippen LogP contribution is -2.32. The molecular formula is C21H21N3O4.